The molecule has 1 aliphatic heterocycles. The number of nitrogen functional groups attached to an aromatic ring is 1. The topological polar surface area (TPSA) is 119 Å². The lowest BCUT2D eigenvalue weighted by atomic mass is 10.0. The lowest BCUT2D eigenvalue weighted by molar-refractivity contribution is 0.0933. The van der Waals surface area contributed by atoms with Gasteiger partial charge in [-0.15, -0.1) is 5.10 Å². The quantitative estimate of drug-likeness (QED) is 0.459. The number of benzene rings is 2. The van der Waals surface area contributed by atoms with E-state index < -0.39 is 0 Å². The molecule has 0 fully saturated rings. The second-order valence-corrected chi connectivity index (χ2v) is 6.69. The van der Waals surface area contributed by atoms with Crippen molar-refractivity contribution in [1.29, 1.82) is 5.41 Å². The van der Waals surface area contributed by atoms with Crippen LogP contribution in [0, 0.1) is 5.41 Å². The Morgan fingerprint density at radius 1 is 1.36 bits per heavy atom. The van der Waals surface area contributed by atoms with Crippen molar-refractivity contribution in [3.05, 3.63) is 46.5 Å². The summed E-state index contributed by atoms with van der Waals surface area (Å²) in [4.78, 5) is 16.5. The maximum absolute atomic E-state index is 11.9. The molecule has 1 aliphatic rings. The van der Waals surface area contributed by atoms with Gasteiger partial charge in [-0.05, 0) is 24.3 Å². The zero-order valence-electron chi connectivity index (χ0n) is 15.0. The number of nitrogens with two attached hydrogens (primary N) is 1. The molecule has 0 bridgehead atoms. The molecule has 2 aromatic carbocycles. The van der Waals surface area contributed by atoms with E-state index in [2.05, 4.69) is 15.4 Å². The van der Waals surface area contributed by atoms with E-state index in [1.807, 2.05) is 0 Å². The normalized spacial score (nSPS) is 13.0. The van der Waals surface area contributed by atoms with Crippen LogP contribution in [0.25, 0.3) is 11.4 Å². The Kier molecular flexibility index (Phi) is 4.48. The first-order valence-corrected chi connectivity index (χ1v) is 8.92. The smallest absolute Gasteiger partial charge is 0.225 e. The van der Waals surface area contributed by atoms with Crippen LogP contribution < -0.4 is 15.8 Å². The van der Waals surface area contributed by atoms with Crippen molar-refractivity contribution >= 4 is 40.9 Å². The predicted octanol–water partition coefficient (Wildman–Crippen LogP) is 3.42. The van der Waals surface area contributed by atoms with Gasteiger partial charge in [-0.2, -0.15) is 4.98 Å². The van der Waals surface area contributed by atoms with Crippen LogP contribution in [-0.2, 0) is 7.05 Å². The Labute approximate surface area is 165 Å². The number of carbonyl (C=O) groups excluding carboxylic acids is 1. The maximum atomic E-state index is 11.9. The summed E-state index contributed by atoms with van der Waals surface area (Å²) >= 11 is 6.33. The number of halogens is 1. The van der Waals surface area contributed by atoms with Crippen LogP contribution in [-0.4, -0.2) is 33.4 Å². The molecule has 4 rings (SSSR count). The van der Waals surface area contributed by atoms with E-state index in [4.69, 9.17) is 27.5 Å². The number of rotatable bonds is 4. The first-order chi connectivity index (χ1) is 13.5. The van der Waals surface area contributed by atoms with Gasteiger partial charge in [-0.3, -0.25) is 4.79 Å². The average molecular weight is 397 g/mol. The Hall–Kier alpha value is -3.39. The number of nitrogens with zero attached hydrogens (tertiary/aromatic N) is 3. The lowest BCUT2D eigenvalue weighted by Gasteiger charge is -2.16. The summed E-state index contributed by atoms with van der Waals surface area (Å²) in [6, 6.07) is 8.70. The average Bonchev–Trinajstić information content (AvgIpc) is 3.05. The zero-order chi connectivity index (χ0) is 19.8. The van der Waals surface area contributed by atoms with Crippen LogP contribution in [0.2, 0.25) is 5.02 Å². The van der Waals surface area contributed by atoms with Gasteiger partial charge in [-0.1, -0.05) is 17.7 Å². The number of Topliss-reactive ketones (excluding diaryl/α,β-unsaturated/α-hetero) is 1. The summed E-state index contributed by atoms with van der Waals surface area (Å²) in [5.74, 6) is 1.57. The van der Waals surface area contributed by atoms with Crippen molar-refractivity contribution in [3.8, 4) is 17.1 Å². The van der Waals surface area contributed by atoms with Crippen molar-refractivity contribution in [2.24, 2.45) is 7.05 Å². The van der Waals surface area contributed by atoms with Crippen LogP contribution in [0.4, 0.5) is 17.3 Å². The lowest BCUT2D eigenvalue weighted by Crippen LogP contribution is -2.15. The highest BCUT2D eigenvalue weighted by atomic mass is 35.5. The molecular weight excluding hydrogens is 380 g/mol. The molecule has 28 heavy (non-hydrogen) atoms. The van der Waals surface area contributed by atoms with Gasteiger partial charge in [0.25, 0.3) is 0 Å². The number of aromatic nitrogens is 3. The van der Waals surface area contributed by atoms with Crippen LogP contribution in [0.5, 0.6) is 5.75 Å². The number of aryl methyl sites for hydroxylation is 1. The van der Waals surface area contributed by atoms with Gasteiger partial charge >= 0.3 is 0 Å². The molecule has 0 radical (unpaired) electrons. The van der Waals surface area contributed by atoms with Gasteiger partial charge in [0.2, 0.25) is 5.95 Å². The van der Waals surface area contributed by atoms with Crippen LogP contribution in [0.15, 0.2) is 30.3 Å². The molecule has 0 saturated carbocycles. The number of ether oxygens (including phenoxy) is 1. The largest absolute Gasteiger partial charge is 0.492 e. The SMILES string of the molecule is Cn1nc(-c2ccc3c(c2)OCCC3=O)nc1Nc1ccc(N)c(C=N)c1Cl. The fraction of sp³-hybridized carbons (Fsp3) is 0.158. The summed E-state index contributed by atoms with van der Waals surface area (Å²) in [5.41, 5.74) is 8.58. The monoisotopic (exact) mass is 396 g/mol. The van der Waals surface area contributed by atoms with Gasteiger partial charge in [-0.25, -0.2) is 4.68 Å². The molecule has 0 atom stereocenters. The van der Waals surface area contributed by atoms with E-state index in [9.17, 15) is 4.79 Å². The third kappa shape index (κ3) is 3.07. The Balaban J connectivity index is 1.67. The van der Waals surface area contributed by atoms with Crippen molar-refractivity contribution in [2.45, 2.75) is 6.42 Å². The third-order valence-corrected chi connectivity index (χ3v) is 4.90. The minimum absolute atomic E-state index is 0.0733. The van der Waals surface area contributed by atoms with Crippen molar-refractivity contribution < 1.29 is 9.53 Å². The van der Waals surface area contributed by atoms with E-state index in [0.29, 0.717) is 58.1 Å². The number of hydrogen-bond acceptors (Lipinski definition) is 7. The highest BCUT2D eigenvalue weighted by Crippen LogP contribution is 2.33. The molecule has 142 valence electrons. The summed E-state index contributed by atoms with van der Waals surface area (Å²) in [6.07, 6.45) is 1.50. The summed E-state index contributed by atoms with van der Waals surface area (Å²) in [5, 5.41) is 15.3. The van der Waals surface area contributed by atoms with E-state index >= 15 is 0 Å². The number of carbonyl (C=O) groups is 1. The molecule has 9 heteroatoms. The third-order valence-electron chi connectivity index (χ3n) is 4.49. The standard InChI is InChI=1S/C19H17ClN6O2/c1-26-19(23-14-5-4-13(22)12(9-21)17(14)20)24-18(25-26)10-2-3-11-15(27)6-7-28-16(11)8-10/h2-5,8-9,21H,6-7,22H2,1H3,(H,23,24,25). The zero-order valence-corrected chi connectivity index (χ0v) is 15.7. The highest BCUT2D eigenvalue weighted by Gasteiger charge is 2.20. The molecule has 1 aromatic heterocycles. The molecule has 0 aliphatic carbocycles. The highest BCUT2D eigenvalue weighted by molar-refractivity contribution is 6.36. The number of hydrogen-bond donors (Lipinski definition) is 3. The van der Waals surface area contributed by atoms with Crippen LogP contribution in [0.1, 0.15) is 22.3 Å². The first kappa shape index (κ1) is 18.0. The second kappa shape index (κ2) is 6.97. The maximum Gasteiger partial charge on any atom is 0.225 e. The minimum atomic E-state index is 0.0733. The van der Waals surface area contributed by atoms with Crippen molar-refractivity contribution in [1.82, 2.24) is 14.8 Å². The Bertz CT molecular complexity index is 1110. The summed E-state index contributed by atoms with van der Waals surface area (Å²) in [7, 11) is 1.75. The van der Waals surface area contributed by atoms with Gasteiger partial charge in [0.15, 0.2) is 11.6 Å². The van der Waals surface area contributed by atoms with Crippen LogP contribution in [0.3, 0.4) is 0 Å². The van der Waals surface area contributed by atoms with Gasteiger partial charge < -0.3 is 21.2 Å². The van der Waals surface area contributed by atoms with Gasteiger partial charge in [0.05, 0.1) is 22.9 Å². The van der Waals surface area contributed by atoms with Crippen LogP contribution >= 0.6 is 11.6 Å². The van der Waals surface area contributed by atoms with Crippen molar-refractivity contribution in [3.63, 3.8) is 0 Å². The fourth-order valence-corrected chi connectivity index (χ4v) is 3.26. The number of fused-ring (bicyclic) bond motifs is 1. The molecule has 8 nitrogen and oxygen atoms in total. The van der Waals surface area contributed by atoms with E-state index in [1.165, 1.54) is 0 Å². The van der Waals surface area contributed by atoms with E-state index in [1.54, 1.807) is 42.1 Å². The molecule has 0 unspecified atom stereocenters. The number of nitrogens with one attached hydrogen (secondary N) is 2. The molecule has 0 spiro atoms. The van der Waals surface area contributed by atoms with Gasteiger partial charge in [0.1, 0.15) is 5.75 Å². The predicted molar refractivity (Wildman–Crippen MR) is 108 cm³/mol. The fourth-order valence-electron chi connectivity index (χ4n) is 2.99. The number of ketones is 1. The number of anilines is 3. The van der Waals surface area contributed by atoms with Gasteiger partial charge in [0, 0.05) is 36.5 Å². The molecule has 3 aromatic rings. The second-order valence-electron chi connectivity index (χ2n) is 6.31. The Morgan fingerprint density at radius 3 is 2.96 bits per heavy atom. The Morgan fingerprint density at radius 2 is 2.18 bits per heavy atom. The molecule has 4 N–H and O–H groups in total. The first-order valence-electron chi connectivity index (χ1n) is 8.55. The summed E-state index contributed by atoms with van der Waals surface area (Å²) < 4.78 is 7.17. The minimum Gasteiger partial charge on any atom is -0.492 e. The molecule has 0 saturated heterocycles. The molecule has 0 amide bonds. The molecule has 2 heterocycles. The van der Waals surface area contributed by atoms with E-state index in [-0.39, 0.29) is 5.78 Å². The molecular formula is C19H17ClN6O2. The van der Waals surface area contributed by atoms with Crippen molar-refractivity contribution in [2.75, 3.05) is 17.7 Å². The van der Waals surface area contributed by atoms with E-state index in [0.717, 1.165) is 11.8 Å². The summed E-state index contributed by atoms with van der Waals surface area (Å²) in [6.45, 7) is 0.378.